The summed E-state index contributed by atoms with van der Waals surface area (Å²) in [7, 11) is 0. The molecule has 0 aliphatic rings. The number of benzene rings is 1. The van der Waals surface area contributed by atoms with Crippen molar-refractivity contribution in [1.29, 1.82) is 0 Å². The summed E-state index contributed by atoms with van der Waals surface area (Å²) in [4.78, 5) is 26.7. The highest BCUT2D eigenvalue weighted by Gasteiger charge is 2.11. The van der Waals surface area contributed by atoms with Gasteiger partial charge in [0.1, 0.15) is 5.56 Å². The molecule has 0 saturated carbocycles. The number of carbonyl (C=O) groups is 1. The number of rotatable bonds is 5. The maximum Gasteiger partial charge on any atom is 0.261 e. The summed E-state index contributed by atoms with van der Waals surface area (Å²) in [5.41, 5.74) is 6.92. The van der Waals surface area contributed by atoms with Crippen LogP contribution in [0.5, 0.6) is 0 Å². The SMILES string of the molecule is CC(N)CCNC(=O)c1ccc(-c2ccccc2)[nH]c1=O.Cl. The molecule has 0 aliphatic heterocycles. The molecule has 22 heavy (non-hydrogen) atoms. The topological polar surface area (TPSA) is 88.0 Å². The van der Waals surface area contributed by atoms with Crippen molar-refractivity contribution in [2.75, 3.05) is 6.54 Å². The van der Waals surface area contributed by atoms with Gasteiger partial charge in [0.2, 0.25) is 0 Å². The number of nitrogens with two attached hydrogens (primary N) is 1. The number of carbonyl (C=O) groups excluding carboxylic acids is 1. The van der Waals surface area contributed by atoms with E-state index in [1.54, 1.807) is 12.1 Å². The lowest BCUT2D eigenvalue weighted by Gasteiger charge is -2.07. The maximum atomic E-state index is 12.0. The predicted octanol–water partition coefficient (Wildman–Crippen LogP) is 1.93. The summed E-state index contributed by atoms with van der Waals surface area (Å²) < 4.78 is 0. The standard InChI is InChI=1S/C16H19N3O2.ClH/c1-11(17)9-10-18-15(20)13-7-8-14(19-16(13)21)12-5-3-2-4-6-12;/h2-8,11H,9-10,17H2,1H3,(H,18,20)(H,19,21);1H. The van der Waals surface area contributed by atoms with Crippen LogP contribution in [0.3, 0.4) is 0 Å². The number of halogens is 1. The van der Waals surface area contributed by atoms with Crippen LogP contribution in [0.1, 0.15) is 23.7 Å². The first-order chi connectivity index (χ1) is 10.1. The van der Waals surface area contributed by atoms with E-state index < -0.39 is 5.56 Å². The molecule has 5 nitrogen and oxygen atoms in total. The number of H-pyrrole nitrogens is 1. The fraction of sp³-hybridized carbons (Fsp3) is 0.250. The number of aromatic amines is 1. The molecule has 0 bridgehead atoms. The monoisotopic (exact) mass is 321 g/mol. The first-order valence-electron chi connectivity index (χ1n) is 6.90. The molecule has 2 aromatic rings. The Kier molecular flexibility index (Phi) is 6.82. The maximum absolute atomic E-state index is 12.0. The Morgan fingerprint density at radius 1 is 1.23 bits per heavy atom. The third kappa shape index (κ3) is 4.72. The van der Waals surface area contributed by atoms with Crippen molar-refractivity contribution >= 4 is 18.3 Å². The highest BCUT2D eigenvalue weighted by atomic mass is 35.5. The van der Waals surface area contributed by atoms with Gasteiger partial charge in [-0.15, -0.1) is 12.4 Å². The molecule has 1 aromatic carbocycles. The zero-order chi connectivity index (χ0) is 15.2. The summed E-state index contributed by atoms with van der Waals surface area (Å²) in [6, 6.07) is 12.8. The van der Waals surface area contributed by atoms with E-state index in [-0.39, 0.29) is 29.9 Å². The van der Waals surface area contributed by atoms with E-state index in [0.717, 1.165) is 5.56 Å². The number of pyridine rings is 1. The van der Waals surface area contributed by atoms with Crippen LogP contribution in [0.4, 0.5) is 0 Å². The number of aromatic nitrogens is 1. The van der Waals surface area contributed by atoms with Gasteiger partial charge in [0.05, 0.1) is 0 Å². The van der Waals surface area contributed by atoms with Gasteiger partial charge in [-0.2, -0.15) is 0 Å². The van der Waals surface area contributed by atoms with Gasteiger partial charge in [-0.3, -0.25) is 9.59 Å². The average molecular weight is 322 g/mol. The number of amides is 1. The van der Waals surface area contributed by atoms with E-state index >= 15 is 0 Å². The Morgan fingerprint density at radius 2 is 1.91 bits per heavy atom. The quantitative estimate of drug-likeness (QED) is 0.786. The zero-order valence-electron chi connectivity index (χ0n) is 12.3. The van der Waals surface area contributed by atoms with Crippen molar-refractivity contribution in [2.45, 2.75) is 19.4 Å². The van der Waals surface area contributed by atoms with Crippen LogP contribution in [0, 0.1) is 0 Å². The van der Waals surface area contributed by atoms with Crippen molar-refractivity contribution in [3.63, 3.8) is 0 Å². The number of hydrogen-bond acceptors (Lipinski definition) is 3. The minimum atomic E-state index is -0.394. The summed E-state index contributed by atoms with van der Waals surface area (Å²) >= 11 is 0. The lowest BCUT2D eigenvalue weighted by Crippen LogP contribution is -2.32. The fourth-order valence-electron chi connectivity index (χ4n) is 1.95. The Morgan fingerprint density at radius 3 is 2.50 bits per heavy atom. The van der Waals surface area contributed by atoms with Crippen LogP contribution in [0.15, 0.2) is 47.3 Å². The van der Waals surface area contributed by atoms with Gasteiger partial charge in [0, 0.05) is 18.3 Å². The first kappa shape index (κ1) is 17.9. The third-order valence-electron chi connectivity index (χ3n) is 3.12. The van der Waals surface area contributed by atoms with Gasteiger partial charge in [0.25, 0.3) is 11.5 Å². The Bertz CT molecular complexity index is 669. The summed E-state index contributed by atoms with van der Waals surface area (Å²) in [5, 5.41) is 2.69. The van der Waals surface area contributed by atoms with Crippen molar-refractivity contribution in [2.24, 2.45) is 5.73 Å². The van der Waals surface area contributed by atoms with Crippen molar-refractivity contribution in [1.82, 2.24) is 10.3 Å². The van der Waals surface area contributed by atoms with Crippen LogP contribution >= 0.6 is 12.4 Å². The molecule has 0 fully saturated rings. The first-order valence-corrected chi connectivity index (χ1v) is 6.90. The molecule has 0 radical (unpaired) electrons. The lowest BCUT2D eigenvalue weighted by atomic mass is 10.1. The minimum Gasteiger partial charge on any atom is -0.352 e. The molecule has 1 amide bonds. The molecule has 118 valence electrons. The molecule has 4 N–H and O–H groups in total. The molecular weight excluding hydrogens is 302 g/mol. The second kappa shape index (κ2) is 8.36. The van der Waals surface area contributed by atoms with Crippen LogP contribution in [-0.2, 0) is 0 Å². The third-order valence-corrected chi connectivity index (χ3v) is 3.12. The van der Waals surface area contributed by atoms with Crippen LogP contribution < -0.4 is 16.6 Å². The Balaban J connectivity index is 0.00000242. The van der Waals surface area contributed by atoms with Crippen LogP contribution in [0.2, 0.25) is 0 Å². The van der Waals surface area contributed by atoms with E-state index in [2.05, 4.69) is 10.3 Å². The smallest absolute Gasteiger partial charge is 0.261 e. The van der Waals surface area contributed by atoms with Crippen LogP contribution in [-0.4, -0.2) is 23.5 Å². The van der Waals surface area contributed by atoms with Crippen molar-refractivity contribution in [3.8, 4) is 11.3 Å². The highest BCUT2D eigenvalue weighted by molar-refractivity contribution is 5.94. The Hall–Kier alpha value is -2.11. The van der Waals surface area contributed by atoms with Gasteiger partial charge in [-0.1, -0.05) is 30.3 Å². The molecule has 6 heteroatoms. The second-order valence-corrected chi connectivity index (χ2v) is 5.00. The van der Waals surface area contributed by atoms with Gasteiger partial charge in [-0.05, 0) is 31.0 Å². The summed E-state index contributed by atoms with van der Waals surface area (Å²) in [6.07, 6.45) is 0.672. The number of hydrogen-bond donors (Lipinski definition) is 3. The molecule has 0 spiro atoms. The molecule has 1 unspecified atom stereocenters. The average Bonchev–Trinajstić information content (AvgIpc) is 2.47. The molecule has 0 aliphatic carbocycles. The molecular formula is C16H20ClN3O2. The second-order valence-electron chi connectivity index (χ2n) is 5.00. The van der Waals surface area contributed by atoms with E-state index in [4.69, 9.17) is 5.73 Å². The van der Waals surface area contributed by atoms with E-state index in [0.29, 0.717) is 18.7 Å². The van der Waals surface area contributed by atoms with Gasteiger partial charge in [0.15, 0.2) is 0 Å². The van der Waals surface area contributed by atoms with Gasteiger partial charge >= 0.3 is 0 Å². The largest absolute Gasteiger partial charge is 0.352 e. The van der Waals surface area contributed by atoms with E-state index in [1.165, 1.54) is 0 Å². The van der Waals surface area contributed by atoms with Crippen molar-refractivity contribution in [3.05, 3.63) is 58.4 Å². The highest BCUT2D eigenvalue weighted by Crippen LogP contribution is 2.14. The Labute approximate surface area is 135 Å². The lowest BCUT2D eigenvalue weighted by molar-refractivity contribution is 0.0951. The normalized spacial score (nSPS) is 11.4. The predicted molar refractivity (Wildman–Crippen MR) is 90.3 cm³/mol. The fourth-order valence-corrected chi connectivity index (χ4v) is 1.95. The van der Waals surface area contributed by atoms with Crippen molar-refractivity contribution < 1.29 is 4.79 Å². The molecule has 1 atom stereocenters. The summed E-state index contributed by atoms with van der Waals surface area (Å²) in [6.45, 7) is 2.32. The minimum absolute atomic E-state index is 0. The van der Waals surface area contributed by atoms with Crippen LogP contribution in [0.25, 0.3) is 11.3 Å². The number of nitrogens with one attached hydrogen (secondary N) is 2. The summed E-state index contributed by atoms with van der Waals surface area (Å²) in [5.74, 6) is -0.378. The molecule has 1 heterocycles. The zero-order valence-corrected chi connectivity index (χ0v) is 13.2. The molecule has 1 aromatic heterocycles. The van der Waals surface area contributed by atoms with E-state index in [9.17, 15) is 9.59 Å². The molecule has 2 rings (SSSR count). The van der Waals surface area contributed by atoms with E-state index in [1.807, 2.05) is 37.3 Å². The van der Waals surface area contributed by atoms with Gasteiger partial charge in [-0.25, -0.2) is 0 Å². The van der Waals surface area contributed by atoms with Gasteiger partial charge < -0.3 is 16.0 Å². The molecule has 0 saturated heterocycles.